The fourth-order valence-corrected chi connectivity index (χ4v) is 3.24. The van der Waals surface area contributed by atoms with E-state index in [1.54, 1.807) is 67.1 Å². The summed E-state index contributed by atoms with van der Waals surface area (Å²) in [5.74, 6) is 0.373. The van der Waals surface area contributed by atoms with Crippen LogP contribution in [0.15, 0.2) is 48.7 Å². The molecule has 9 heteroatoms. The van der Waals surface area contributed by atoms with Crippen LogP contribution < -0.4 is 4.74 Å². The third-order valence-corrected chi connectivity index (χ3v) is 5.00. The molecule has 8 nitrogen and oxygen atoms in total. The van der Waals surface area contributed by atoms with Crippen LogP contribution in [0.1, 0.15) is 27.2 Å². The Morgan fingerprint density at radius 1 is 1.30 bits per heavy atom. The predicted molar refractivity (Wildman–Crippen MR) is 113 cm³/mol. The summed E-state index contributed by atoms with van der Waals surface area (Å²) in [5.41, 5.74) is 2.66. The summed E-state index contributed by atoms with van der Waals surface area (Å²) in [7, 11) is 3.48. The van der Waals surface area contributed by atoms with E-state index in [1.807, 2.05) is 6.07 Å². The molecule has 0 radical (unpaired) electrons. The molecular formula is C21H21ClN4O4. The Morgan fingerprint density at radius 2 is 2.07 bits per heavy atom. The van der Waals surface area contributed by atoms with Gasteiger partial charge in [0.1, 0.15) is 12.4 Å². The van der Waals surface area contributed by atoms with Gasteiger partial charge in [0.15, 0.2) is 0 Å². The minimum absolute atomic E-state index is 0.0477. The molecule has 156 valence electrons. The van der Waals surface area contributed by atoms with Crippen LogP contribution in [0.25, 0.3) is 0 Å². The molecule has 0 unspecified atom stereocenters. The Labute approximate surface area is 178 Å². The smallest absolute Gasteiger partial charge is 0.272 e. The highest BCUT2D eigenvalue weighted by Crippen LogP contribution is 2.24. The zero-order chi connectivity index (χ0) is 21.8. The number of rotatable bonds is 7. The molecule has 0 aliphatic rings. The van der Waals surface area contributed by atoms with Crippen LogP contribution in [0.3, 0.4) is 0 Å². The second-order valence-corrected chi connectivity index (χ2v) is 7.33. The van der Waals surface area contributed by atoms with Crippen LogP contribution in [0, 0.1) is 17.0 Å². The molecule has 0 bridgehead atoms. The quantitative estimate of drug-likeness (QED) is 0.416. The van der Waals surface area contributed by atoms with E-state index in [1.165, 1.54) is 6.07 Å². The van der Waals surface area contributed by atoms with Crippen molar-refractivity contribution in [3.63, 3.8) is 0 Å². The highest BCUT2D eigenvalue weighted by molar-refractivity contribution is 6.31. The second kappa shape index (κ2) is 8.96. The Kier molecular flexibility index (Phi) is 6.37. The predicted octanol–water partition coefficient (Wildman–Crippen LogP) is 4.14. The second-order valence-electron chi connectivity index (χ2n) is 6.92. The van der Waals surface area contributed by atoms with Crippen LogP contribution in [0.5, 0.6) is 5.75 Å². The van der Waals surface area contributed by atoms with Gasteiger partial charge < -0.3 is 9.64 Å². The van der Waals surface area contributed by atoms with Gasteiger partial charge in [-0.2, -0.15) is 5.10 Å². The summed E-state index contributed by atoms with van der Waals surface area (Å²) in [6, 6.07) is 11.8. The van der Waals surface area contributed by atoms with E-state index in [9.17, 15) is 14.9 Å². The van der Waals surface area contributed by atoms with Gasteiger partial charge in [-0.05, 0) is 36.8 Å². The average Bonchev–Trinajstić information content (AvgIpc) is 3.03. The van der Waals surface area contributed by atoms with Gasteiger partial charge in [0, 0.05) is 31.3 Å². The summed E-state index contributed by atoms with van der Waals surface area (Å²) in [4.78, 5) is 24.9. The lowest BCUT2D eigenvalue weighted by Gasteiger charge is -2.18. The van der Waals surface area contributed by atoms with Crippen molar-refractivity contribution in [3.05, 3.63) is 86.2 Å². The number of amides is 1. The lowest BCUT2D eigenvalue weighted by Crippen LogP contribution is -2.27. The standard InChI is InChI=1S/C21H21ClN4O4/c1-14-9-17(7-8-19(14)26(28)29)30-13-15-5-4-6-16(10-15)21(27)24(2)12-20-18(22)11-23-25(20)3/h4-11H,12-13H2,1-3H3. The first-order valence-corrected chi connectivity index (χ1v) is 9.52. The van der Waals surface area contributed by atoms with Gasteiger partial charge in [-0.1, -0.05) is 23.7 Å². The van der Waals surface area contributed by atoms with Crippen molar-refractivity contribution in [2.45, 2.75) is 20.1 Å². The molecule has 3 rings (SSSR count). The van der Waals surface area contributed by atoms with Gasteiger partial charge in [-0.15, -0.1) is 0 Å². The molecule has 1 heterocycles. The molecule has 2 aromatic carbocycles. The maximum atomic E-state index is 12.8. The van der Waals surface area contributed by atoms with E-state index >= 15 is 0 Å². The summed E-state index contributed by atoms with van der Waals surface area (Å²) in [6.45, 7) is 2.22. The Bertz CT molecular complexity index is 1080. The van der Waals surface area contributed by atoms with E-state index < -0.39 is 4.92 Å². The highest BCUT2D eigenvalue weighted by Gasteiger charge is 2.16. The molecule has 0 saturated heterocycles. The largest absolute Gasteiger partial charge is 0.489 e. The maximum Gasteiger partial charge on any atom is 0.272 e. The minimum atomic E-state index is -0.427. The number of aryl methyl sites for hydroxylation is 2. The van der Waals surface area contributed by atoms with E-state index in [0.717, 1.165) is 11.3 Å². The zero-order valence-electron chi connectivity index (χ0n) is 16.8. The number of nitrogens with zero attached hydrogens (tertiary/aromatic N) is 4. The van der Waals surface area contributed by atoms with E-state index in [0.29, 0.717) is 28.4 Å². The third-order valence-electron chi connectivity index (χ3n) is 4.69. The molecule has 0 fully saturated rings. The number of carbonyl (C=O) groups excluding carboxylic acids is 1. The average molecular weight is 429 g/mol. The SMILES string of the molecule is Cc1cc(OCc2cccc(C(=O)N(C)Cc3c(Cl)cnn3C)c2)ccc1[N+](=O)[O-]. The third kappa shape index (κ3) is 4.77. The fourth-order valence-electron chi connectivity index (χ4n) is 3.01. The maximum absolute atomic E-state index is 12.8. The van der Waals surface area contributed by atoms with E-state index in [-0.39, 0.29) is 18.2 Å². The number of aromatic nitrogens is 2. The van der Waals surface area contributed by atoms with Crippen molar-refractivity contribution in [1.82, 2.24) is 14.7 Å². The van der Waals surface area contributed by atoms with Crippen molar-refractivity contribution >= 4 is 23.2 Å². The normalized spacial score (nSPS) is 10.7. The van der Waals surface area contributed by atoms with Crippen LogP contribution in [0.2, 0.25) is 5.02 Å². The lowest BCUT2D eigenvalue weighted by atomic mass is 10.1. The molecule has 1 aromatic heterocycles. The van der Waals surface area contributed by atoms with Crippen molar-refractivity contribution < 1.29 is 14.5 Å². The zero-order valence-corrected chi connectivity index (χ0v) is 17.6. The Balaban J connectivity index is 1.67. The first kappa shape index (κ1) is 21.3. The Hall–Kier alpha value is -3.39. The van der Waals surface area contributed by atoms with Gasteiger partial charge in [-0.3, -0.25) is 19.6 Å². The number of hydrogen-bond donors (Lipinski definition) is 0. The van der Waals surface area contributed by atoms with Crippen molar-refractivity contribution in [3.8, 4) is 5.75 Å². The van der Waals surface area contributed by atoms with E-state index in [4.69, 9.17) is 16.3 Å². The minimum Gasteiger partial charge on any atom is -0.489 e. The number of benzene rings is 2. The monoisotopic (exact) mass is 428 g/mol. The van der Waals surface area contributed by atoms with Crippen LogP contribution in [-0.4, -0.2) is 32.6 Å². The summed E-state index contributed by atoms with van der Waals surface area (Å²) in [6.07, 6.45) is 1.55. The number of ether oxygens (including phenoxy) is 1. The molecule has 0 spiro atoms. The van der Waals surface area contributed by atoms with Crippen molar-refractivity contribution in [1.29, 1.82) is 0 Å². The molecule has 0 N–H and O–H groups in total. The number of halogens is 1. The molecule has 0 aliphatic heterocycles. The lowest BCUT2D eigenvalue weighted by molar-refractivity contribution is -0.385. The summed E-state index contributed by atoms with van der Waals surface area (Å²) >= 11 is 6.13. The fraction of sp³-hybridized carbons (Fsp3) is 0.238. The molecule has 0 saturated carbocycles. The van der Waals surface area contributed by atoms with Crippen molar-refractivity contribution in [2.24, 2.45) is 7.05 Å². The first-order chi connectivity index (χ1) is 14.3. The Morgan fingerprint density at radius 3 is 2.70 bits per heavy atom. The van der Waals surface area contributed by atoms with Crippen LogP contribution in [0.4, 0.5) is 5.69 Å². The molecule has 1 amide bonds. The van der Waals surface area contributed by atoms with Crippen molar-refractivity contribution in [2.75, 3.05) is 7.05 Å². The molecule has 0 atom stereocenters. The van der Waals surface area contributed by atoms with E-state index in [2.05, 4.69) is 5.10 Å². The van der Waals surface area contributed by atoms with Crippen LogP contribution >= 0.6 is 11.6 Å². The summed E-state index contributed by atoms with van der Waals surface area (Å²) < 4.78 is 7.38. The molecule has 3 aromatic rings. The molecule has 0 aliphatic carbocycles. The number of nitro groups is 1. The first-order valence-electron chi connectivity index (χ1n) is 9.15. The van der Waals surface area contributed by atoms with Gasteiger partial charge in [-0.25, -0.2) is 0 Å². The molecular weight excluding hydrogens is 408 g/mol. The highest BCUT2D eigenvalue weighted by atomic mass is 35.5. The molecule has 30 heavy (non-hydrogen) atoms. The summed E-state index contributed by atoms with van der Waals surface area (Å²) in [5, 5.41) is 15.5. The number of carbonyl (C=O) groups is 1. The topological polar surface area (TPSA) is 90.5 Å². The van der Waals surface area contributed by atoms with Gasteiger partial charge in [0.2, 0.25) is 0 Å². The van der Waals surface area contributed by atoms with Gasteiger partial charge in [0.25, 0.3) is 11.6 Å². The van der Waals surface area contributed by atoms with Crippen LogP contribution in [-0.2, 0) is 20.2 Å². The van der Waals surface area contributed by atoms with Gasteiger partial charge >= 0.3 is 0 Å². The number of hydrogen-bond acceptors (Lipinski definition) is 5. The van der Waals surface area contributed by atoms with Gasteiger partial charge in [0.05, 0.1) is 28.4 Å². The number of nitro benzene ring substituents is 1.